The first-order valence-corrected chi connectivity index (χ1v) is 6.05. The van der Waals surface area contributed by atoms with Crippen LogP contribution < -0.4 is 10.5 Å². The van der Waals surface area contributed by atoms with Gasteiger partial charge in [0.15, 0.2) is 0 Å². The summed E-state index contributed by atoms with van der Waals surface area (Å²) in [6.07, 6.45) is 1.01. The Labute approximate surface area is 102 Å². The molecular formula is C14H19NO2. The topological polar surface area (TPSA) is 48.4 Å². The van der Waals surface area contributed by atoms with Gasteiger partial charge in [-0.25, -0.2) is 0 Å². The molecule has 3 heteroatoms. The van der Waals surface area contributed by atoms with Crippen LogP contribution in [0.4, 0.5) is 0 Å². The fraction of sp³-hybridized carbons (Fsp3) is 0.429. The number of benzene rings is 1. The zero-order chi connectivity index (χ0) is 12.4. The van der Waals surface area contributed by atoms with E-state index in [-0.39, 0.29) is 6.04 Å². The number of ether oxygens (including phenoxy) is 1. The van der Waals surface area contributed by atoms with Crippen molar-refractivity contribution in [3.05, 3.63) is 29.5 Å². The van der Waals surface area contributed by atoms with Gasteiger partial charge in [-0.05, 0) is 38.5 Å². The van der Waals surface area contributed by atoms with Gasteiger partial charge in [-0.2, -0.15) is 0 Å². The van der Waals surface area contributed by atoms with Gasteiger partial charge in [0.2, 0.25) is 0 Å². The molecule has 92 valence electrons. The van der Waals surface area contributed by atoms with Crippen LogP contribution in [0.3, 0.4) is 0 Å². The van der Waals surface area contributed by atoms with Crippen LogP contribution in [0.5, 0.6) is 5.75 Å². The first-order chi connectivity index (χ1) is 8.13. The normalized spacial score (nSPS) is 12.9. The van der Waals surface area contributed by atoms with Gasteiger partial charge in [0.1, 0.15) is 17.1 Å². The van der Waals surface area contributed by atoms with E-state index in [1.54, 1.807) is 0 Å². The summed E-state index contributed by atoms with van der Waals surface area (Å²) in [5, 5.41) is 1.09. The SMILES string of the molecule is CCCOc1ccc2oc(C(C)N)c(C)c2c1. The average Bonchev–Trinajstić information content (AvgIpc) is 2.64. The monoisotopic (exact) mass is 233 g/mol. The molecule has 17 heavy (non-hydrogen) atoms. The smallest absolute Gasteiger partial charge is 0.134 e. The summed E-state index contributed by atoms with van der Waals surface area (Å²) in [4.78, 5) is 0. The highest BCUT2D eigenvalue weighted by Gasteiger charge is 2.14. The average molecular weight is 233 g/mol. The van der Waals surface area contributed by atoms with Crippen molar-refractivity contribution in [1.82, 2.24) is 0 Å². The minimum Gasteiger partial charge on any atom is -0.494 e. The molecule has 0 radical (unpaired) electrons. The molecular weight excluding hydrogens is 214 g/mol. The summed E-state index contributed by atoms with van der Waals surface area (Å²) in [6, 6.07) is 5.82. The van der Waals surface area contributed by atoms with Crippen molar-refractivity contribution in [3.63, 3.8) is 0 Å². The first-order valence-electron chi connectivity index (χ1n) is 6.05. The largest absolute Gasteiger partial charge is 0.494 e. The molecule has 0 fully saturated rings. The number of hydrogen-bond donors (Lipinski definition) is 1. The van der Waals surface area contributed by atoms with Crippen molar-refractivity contribution in [2.45, 2.75) is 33.2 Å². The minimum atomic E-state index is -0.0811. The van der Waals surface area contributed by atoms with Crippen molar-refractivity contribution >= 4 is 11.0 Å². The highest BCUT2D eigenvalue weighted by Crippen LogP contribution is 2.31. The van der Waals surface area contributed by atoms with Crippen LogP contribution in [0.25, 0.3) is 11.0 Å². The van der Waals surface area contributed by atoms with E-state index in [9.17, 15) is 0 Å². The lowest BCUT2D eigenvalue weighted by Crippen LogP contribution is -2.04. The Bertz CT molecular complexity index is 514. The van der Waals surface area contributed by atoms with E-state index in [4.69, 9.17) is 14.9 Å². The van der Waals surface area contributed by atoms with Gasteiger partial charge >= 0.3 is 0 Å². The Morgan fingerprint density at radius 1 is 1.41 bits per heavy atom. The highest BCUT2D eigenvalue weighted by molar-refractivity contribution is 5.83. The maximum atomic E-state index is 5.87. The number of aryl methyl sites for hydroxylation is 1. The zero-order valence-electron chi connectivity index (χ0n) is 10.6. The molecule has 0 saturated heterocycles. The van der Waals surface area contributed by atoms with Gasteiger partial charge in [-0.15, -0.1) is 0 Å². The Kier molecular flexibility index (Phi) is 3.38. The molecule has 0 aliphatic heterocycles. The van der Waals surface area contributed by atoms with Gasteiger partial charge in [0.05, 0.1) is 12.6 Å². The van der Waals surface area contributed by atoms with E-state index in [1.807, 2.05) is 32.0 Å². The third kappa shape index (κ3) is 2.29. The lowest BCUT2D eigenvalue weighted by Gasteiger charge is -2.03. The lowest BCUT2D eigenvalue weighted by molar-refractivity contribution is 0.318. The number of rotatable bonds is 4. The molecule has 1 aromatic carbocycles. The molecule has 2 N–H and O–H groups in total. The van der Waals surface area contributed by atoms with Crippen molar-refractivity contribution < 1.29 is 9.15 Å². The van der Waals surface area contributed by atoms with Crippen LogP contribution >= 0.6 is 0 Å². The Morgan fingerprint density at radius 2 is 2.18 bits per heavy atom. The van der Waals surface area contributed by atoms with Gasteiger partial charge in [0, 0.05) is 10.9 Å². The number of hydrogen-bond acceptors (Lipinski definition) is 3. The fourth-order valence-corrected chi connectivity index (χ4v) is 1.96. The molecule has 1 atom stereocenters. The van der Waals surface area contributed by atoms with Crippen LogP contribution in [0, 0.1) is 6.92 Å². The molecule has 0 bridgehead atoms. The van der Waals surface area contributed by atoms with E-state index in [0.29, 0.717) is 0 Å². The Morgan fingerprint density at radius 3 is 2.82 bits per heavy atom. The number of furan rings is 1. The molecule has 0 saturated carbocycles. The Balaban J connectivity index is 2.42. The molecule has 1 unspecified atom stereocenters. The molecule has 1 aromatic heterocycles. The molecule has 0 amide bonds. The molecule has 0 spiro atoms. The summed E-state index contributed by atoms with van der Waals surface area (Å²) in [6.45, 7) is 6.80. The van der Waals surface area contributed by atoms with Crippen molar-refractivity contribution in [3.8, 4) is 5.75 Å². The second-order valence-corrected chi connectivity index (χ2v) is 4.39. The molecule has 2 aromatic rings. The number of nitrogens with two attached hydrogens (primary N) is 1. The van der Waals surface area contributed by atoms with Crippen LogP contribution in [-0.4, -0.2) is 6.61 Å². The Hall–Kier alpha value is -1.48. The summed E-state index contributed by atoms with van der Waals surface area (Å²) in [5.41, 5.74) is 7.85. The van der Waals surface area contributed by atoms with Gasteiger partial charge in [0.25, 0.3) is 0 Å². The van der Waals surface area contributed by atoms with Gasteiger partial charge < -0.3 is 14.9 Å². The minimum absolute atomic E-state index is 0.0811. The predicted molar refractivity (Wildman–Crippen MR) is 69.3 cm³/mol. The van der Waals surface area contributed by atoms with E-state index in [0.717, 1.165) is 41.1 Å². The molecule has 0 aliphatic carbocycles. The third-order valence-electron chi connectivity index (χ3n) is 2.83. The summed E-state index contributed by atoms with van der Waals surface area (Å²) >= 11 is 0. The predicted octanol–water partition coefficient (Wildman–Crippen LogP) is 3.55. The molecule has 3 nitrogen and oxygen atoms in total. The fourth-order valence-electron chi connectivity index (χ4n) is 1.96. The van der Waals surface area contributed by atoms with E-state index < -0.39 is 0 Å². The maximum absolute atomic E-state index is 5.87. The molecule has 1 heterocycles. The number of fused-ring (bicyclic) bond motifs is 1. The first kappa shape index (κ1) is 12.0. The summed E-state index contributed by atoms with van der Waals surface area (Å²) in [7, 11) is 0. The van der Waals surface area contributed by atoms with Crippen LogP contribution in [0.1, 0.15) is 37.6 Å². The highest BCUT2D eigenvalue weighted by atomic mass is 16.5. The molecule has 2 rings (SSSR count). The van der Waals surface area contributed by atoms with Crippen molar-refractivity contribution in [2.24, 2.45) is 5.73 Å². The third-order valence-corrected chi connectivity index (χ3v) is 2.83. The van der Waals surface area contributed by atoms with Gasteiger partial charge in [-0.1, -0.05) is 6.92 Å². The van der Waals surface area contributed by atoms with Gasteiger partial charge in [-0.3, -0.25) is 0 Å². The summed E-state index contributed by atoms with van der Waals surface area (Å²) < 4.78 is 11.4. The van der Waals surface area contributed by atoms with Crippen molar-refractivity contribution in [1.29, 1.82) is 0 Å². The van der Waals surface area contributed by atoms with Crippen LogP contribution in [0.2, 0.25) is 0 Å². The second-order valence-electron chi connectivity index (χ2n) is 4.39. The van der Waals surface area contributed by atoms with E-state index >= 15 is 0 Å². The molecule has 0 aliphatic rings. The quantitative estimate of drug-likeness (QED) is 0.878. The van der Waals surface area contributed by atoms with Crippen LogP contribution in [0.15, 0.2) is 22.6 Å². The second kappa shape index (κ2) is 4.80. The van der Waals surface area contributed by atoms with Crippen molar-refractivity contribution in [2.75, 3.05) is 6.61 Å². The lowest BCUT2D eigenvalue weighted by atomic mass is 10.1. The summed E-state index contributed by atoms with van der Waals surface area (Å²) in [5.74, 6) is 1.74. The van der Waals surface area contributed by atoms with Crippen LogP contribution in [-0.2, 0) is 0 Å². The van der Waals surface area contributed by atoms with E-state index in [1.165, 1.54) is 0 Å². The zero-order valence-corrected chi connectivity index (χ0v) is 10.6. The standard InChI is InChI=1S/C14H19NO2/c1-4-7-16-11-5-6-13-12(8-11)9(2)14(17-13)10(3)15/h5-6,8,10H,4,7,15H2,1-3H3. The maximum Gasteiger partial charge on any atom is 0.134 e. The van der Waals surface area contributed by atoms with E-state index in [2.05, 4.69) is 6.92 Å².